The summed E-state index contributed by atoms with van der Waals surface area (Å²) in [6.07, 6.45) is 4.77. The van der Waals surface area contributed by atoms with Crippen LogP contribution in [0.4, 0.5) is 0 Å². The molecule has 182 valence electrons. The van der Waals surface area contributed by atoms with Crippen molar-refractivity contribution in [2.24, 2.45) is 11.8 Å². The predicted molar refractivity (Wildman–Crippen MR) is 127 cm³/mol. The van der Waals surface area contributed by atoms with Crippen LogP contribution in [0, 0.1) is 11.8 Å². The Morgan fingerprint density at radius 3 is 2.30 bits per heavy atom. The van der Waals surface area contributed by atoms with Crippen molar-refractivity contribution >= 4 is 27.9 Å². The molecule has 0 aromatic heterocycles. The molecule has 0 aliphatic carbocycles. The summed E-state index contributed by atoms with van der Waals surface area (Å²) in [5, 5.41) is 4.19. The van der Waals surface area contributed by atoms with E-state index >= 15 is 0 Å². The average molecular weight is 478 g/mol. The van der Waals surface area contributed by atoms with Gasteiger partial charge in [-0.25, -0.2) is 8.42 Å². The quantitative estimate of drug-likeness (QED) is 0.550. The lowest BCUT2D eigenvalue weighted by molar-refractivity contribution is -0.140. The van der Waals surface area contributed by atoms with Gasteiger partial charge in [-0.05, 0) is 43.7 Å². The monoisotopic (exact) mass is 477 g/mol. The molecule has 1 aromatic carbocycles. The minimum Gasteiger partial charge on any atom is -0.385 e. The van der Waals surface area contributed by atoms with Gasteiger partial charge < -0.3 is 15.0 Å². The van der Waals surface area contributed by atoms with Gasteiger partial charge >= 0.3 is 0 Å². The van der Waals surface area contributed by atoms with E-state index in [2.05, 4.69) is 5.32 Å². The van der Waals surface area contributed by atoms with Gasteiger partial charge in [0.25, 0.3) is 0 Å². The van der Waals surface area contributed by atoms with Crippen molar-refractivity contribution in [1.29, 1.82) is 0 Å². The van der Waals surface area contributed by atoms with Gasteiger partial charge in [-0.15, -0.1) is 0 Å². The number of nitrogens with zero attached hydrogens (tertiary/aromatic N) is 2. The zero-order valence-corrected chi connectivity index (χ0v) is 20.1. The average Bonchev–Trinajstić information content (AvgIpc) is 2.86. The fourth-order valence-corrected chi connectivity index (χ4v) is 5.59. The molecule has 2 aliphatic rings. The van der Waals surface area contributed by atoms with E-state index in [9.17, 15) is 18.0 Å². The number of methoxy groups -OCH3 is 1. The van der Waals surface area contributed by atoms with Crippen molar-refractivity contribution in [3.05, 3.63) is 41.3 Å². The predicted octanol–water partition coefficient (Wildman–Crippen LogP) is 2.09. The Hall–Kier alpha value is -2.23. The number of amides is 2. The van der Waals surface area contributed by atoms with Crippen LogP contribution in [0.1, 0.15) is 37.7 Å². The van der Waals surface area contributed by atoms with Crippen LogP contribution in [0.25, 0.3) is 6.08 Å². The van der Waals surface area contributed by atoms with Crippen molar-refractivity contribution in [3.8, 4) is 0 Å². The number of hydrogen-bond donors (Lipinski definition) is 1. The number of rotatable bonds is 9. The number of carbonyl (C=O) groups is 2. The molecule has 0 unspecified atom stereocenters. The maximum Gasteiger partial charge on any atom is 0.236 e. The Bertz CT molecular complexity index is 903. The molecule has 0 spiro atoms. The lowest BCUT2D eigenvalue weighted by atomic mass is 9.92. The number of sulfonamides is 1. The van der Waals surface area contributed by atoms with Crippen molar-refractivity contribution in [2.75, 3.05) is 46.4 Å². The molecule has 2 aliphatic heterocycles. The van der Waals surface area contributed by atoms with Gasteiger partial charge in [-0.1, -0.05) is 30.3 Å². The van der Waals surface area contributed by atoms with Crippen LogP contribution in [0.5, 0.6) is 0 Å². The van der Waals surface area contributed by atoms with E-state index in [0.29, 0.717) is 65.0 Å². The SMILES string of the molecule is COCCCNC(=O)C1CCN(C(=O)C2CCN(S(=O)(=O)C=Cc3ccccc3)CC2)CC1. The summed E-state index contributed by atoms with van der Waals surface area (Å²) in [6.45, 7) is 3.07. The van der Waals surface area contributed by atoms with E-state index in [1.165, 1.54) is 9.71 Å². The summed E-state index contributed by atoms with van der Waals surface area (Å²) in [5.74, 6) is -0.0694. The fraction of sp³-hybridized carbons (Fsp3) is 0.583. The normalized spacial score (nSPS) is 19.1. The molecule has 8 nitrogen and oxygen atoms in total. The molecule has 33 heavy (non-hydrogen) atoms. The molecule has 1 aromatic rings. The van der Waals surface area contributed by atoms with Crippen LogP contribution in [0.2, 0.25) is 0 Å². The van der Waals surface area contributed by atoms with Crippen molar-refractivity contribution in [1.82, 2.24) is 14.5 Å². The first-order valence-corrected chi connectivity index (χ1v) is 13.2. The lowest BCUT2D eigenvalue weighted by Gasteiger charge is -2.36. The maximum absolute atomic E-state index is 13.0. The smallest absolute Gasteiger partial charge is 0.236 e. The first kappa shape index (κ1) is 25.4. The highest BCUT2D eigenvalue weighted by Crippen LogP contribution is 2.25. The van der Waals surface area contributed by atoms with Crippen LogP contribution in [0.3, 0.4) is 0 Å². The minimum absolute atomic E-state index is 0.0556. The molecular formula is C24H35N3O5S. The number of piperidine rings is 2. The van der Waals surface area contributed by atoms with Crippen LogP contribution >= 0.6 is 0 Å². The van der Waals surface area contributed by atoms with Crippen LogP contribution < -0.4 is 5.32 Å². The standard InChI is InChI=1S/C24H35N3O5S/c1-32-18-5-13-25-23(28)21-8-14-26(15-9-21)24(29)22-10-16-27(17-11-22)33(30,31)19-12-20-6-3-2-4-7-20/h2-4,6-7,12,19,21-22H,5,8-11,13-18H2,1H3,(H,25,28). The second kappa shape index (κ2) is 12.3. The van der Waals surface area contributed by atoms with E-state index in [-0.39, 0.29) is 23.7 Å². The van der Waals surface area contributed by atoms with Crippen molar-refractivity contribution < 1.29 is 22.7 Å². The Kier molecular flexibility index (Phi) is 9.46. The number of benzene rings is 1. The summed E-state index contributed by atoms with van der Waals surface area (Å²) in [7, 11) is -1.87. The highest BCUT2D eigenvalue weighted by atomic mass is 32.2. The van der Waals surface area contributed by atoms with Crippen molar-refractivity contribution in [2.45, 2.75) is 32.1 Å². The van der Waals surface area contributed by atoms with Crippen LogP contribution in [-0.2, 0) is 24.3 Å². The Morgan fingerprint density at radius 2 is 1.67 bits per heavy atom. The third kappa shape index (κ3) is 7.38. The fourth-order valence-electron chi connectivity index (χ4n) is 4.36. The number of ether oxygens (including phenoxy) is 1. The number of nitrogens with one attached hydrogen (secondary N) is 1. The molecule has 1 N–H and O–H groups in total. The van der Waals surface area contributed by atoms with Gasteiger partial charge in [-0.2, -0.15) is 4.31 Å². The molecule has 0 atom stereocenters. The summed E-state index contributed by atoms with van der Waals surface area (Å²) < 4.78 is 31.7. The highest BCUT2D eigenvalue weighted by molar-refractivity contribution is 7.92. The Balaban J connectivity index is 1.42. The summed E-state index contributed by atoms with van der Waals surface area (Å²) in [6, 6.07) is 9.31. The first-order chi connectivity index (χ1) is 15.9. The molecule has 3 rings (SSSR count). The third-order valence-corrected chi connectivity index (χ3v) is 7.96. The summed E-state index contributed by atoms with van der Waals surface area (Å²) in [4.78, 5) is 27.1. The minimum atomic E-state index is -3.51. The summed E-state index contributed by atoms with van der Waals surface area (Å²) in [5.41, 5.74) is 0.832. The van der Waals surface area contributed by atoms with E-state index in [0.717, 1.165) is 12.0 Å². The van der Waals surface area contributed by atoms with E-state index < -0.39 is 10.0 Å². The molecular weight excluding hydrogens is 442 g/mol. The molecule has 2 saturated heterocycles. The van der Waals surface area contributed by atoms with Gasteiger partial charge in [0.05, 0.1) is 0 Å². The second-order valence-electron chi connectivity index (χ2n) is 8.67. The van der Waals surface area contributed by atoms with Crippen LogP contribution in [0.15, 0.2) is 35.7 Å². The molecule has 0 saturated carbocycles. The topological polar surface area (TPSA) is 96.0 Å². The van der Waals surface area contributed by atoms with Gasteiger partial charge in [0.15, 0.2) is 0 Å². The third-order valence-electron chi connectivity index (χ3n) is 6.40. The molecule has 2 amide bonds. The Morgan fingerprint density at radius 1 is 1.03 bits per heavy atom. The zero-order chi connectivity index (χ0) is 23.7. The largest absolute Gasteiger partial charge is 0.385 e. The summed E-state index contributed by atoms with van der Waals surface area (Å²) >= 11 is 0. The van der Waals surface area contributed by atoms with E-state index in [4.69, 9.17) is 4.74 Å². The maximum atomic E-state index is 13.0. The van der Waals surface area contributed by atoms with Crippen molar-refractivity contribution in [3.63, 3.8) is 0 Å². The highest BCUT2D eigenvalue weighted by Gasteiger charge is 2.34. The first-order valence-electron chi connectivity index (χ1n) is 11.7. The van der Waals surface area contributed by atoms with E-state index in [1.54, 1.807) is 13.2 Å². The molecule has 2 fully saturated rings. The van der Waals surface area contributed by atoms with Gasteiger partial charge in [0.1, 0.15) is 0 Å². The second-order valence-corrected chi connectivity index (χ2v) is 10.5. The number of likely N-dealkylation sites (tertiary alicyclic amines) is 1. The number of carbonyl (C=O) groups excluding carboxylic acids is 2. The van der Waals surface area contributed by atoms with Crippen LogP contribution in [-0.4, -0.2) is 75.9 Å². The Labute approximate surface area is 197 Å². The molecule has 2 heterocycles. The van der Waals surface area contributed by atoms with E-state index in [1.807, 2.05) is 35.2 Å². The molecule has 0 radical (unpaired) electrons. The van der Waals surface area contributed by atoms with Gasteiger partial charge in [0.2, 0.25) is 21.8 Å². The molecule has 0 bridgehead atoms. The zero-order valence-electron chi connectivity index (χ0n) is 19.3. The van der Waals surface area contributed by atoms with Gasteiger partial charge in [-0.3, -0.25) is 9.59 Å². The van der Waals surface area contributed by atoms with Gasteiger partial charge in [0, 0.05) is 63.7 Å². The lowest BCUT2D eigenvalue weighted by Crippen LogP contribution is -2.47. The number of hydrogen-bond acceptors (Lipinski definition) is 5. The molecule has 9 heteroatoms.